The molecular formula is C21H25N3O4. The summed E-state index contributed by atoms with van der Waals surface area (Å²) in [5.74, 6) is -0.117. The lowest BCUT2D eigenvalue weighted by Crippen LogP contribution is -2.46. The number of carbonyl (C=O) groups excluding carboxylic acids is 1. The van der Waals surface area contributed by atoms with Gasteiger partial charge in [0.25, 0.3) is 5.56 Å². The molecule has 1 amide bonds. The summed E-state index contributed by atoms with van der Waals surface area (Å²) in [4.78, 5) is 45.6. The van der Waals surface area contributed by atoms with Gasteiger partial charge in [0.05, 0.1) is 10.9 Å². The zero-order valence-corrected chi connectivity index (χ0v) is 15.8. The van der Waals surface area contributed by atoms with Crippen molar-refractivity contribution in [3.8, 4) is 0 Å². The van der Waals surface area contributed by atoms with Crippen molar-refractivity contribution in [3.63, 3.8) is 0 Å². The van der Waals surface area contributed by atoms with Crippen LogP contribution in [0.15, 0.2) is 29.1 Å². The molecule has 0 bridgehead atoms. The summed E-state index contributed by atoms with van der Waals surface area (Å²) < 4.78 is 0. The van der Waals surface area contributed by atoms with Crippen LogP contribution in [0.1, 0.15) is 50.8 Å². The Hall–Kier alpha value is -2.70. The van der Waals surface area contributed by atoms with E-state index in [-0.39, 0.29) is 23.9 Å². The summed E-state index contributed by atoms with van der Waals surface area (Å²) in [6, 6.07) is 6.53. The zero-order valence-electron chi connectivity index (χ0n) is 15.8. The second kappa shape index (κ2) is 7.73. The van der Waals surface area contributed by atoms with Gasteiger partial charge < -0.3 is 15.0 Å². The highest BCUT2D eigenvalue weighted by atomic mass is 16.4. The van der Waals surface area contributed by atoms with E-state index < -0.39 is 12.0 Å². The highest BCUT2D eigenvalue weighted by molar-refractivity contribution is 5.84. The molecule has 4 rings (SSSR count). The number of aromatic nitrogens is 2. The lowest BCUT2D eigenvalue weighted by atomic mass is 9.84. The number of para-hydroxylation sites is 1. The van der Waals surface area contributed by atoms with Crippen LogP contribution in [0.5, 0.6) is 0 Å². The van der Waals surface area contributed by atoms with E-state index in [2.05, 4.69) is 9.97 Å². The van der Waals surface area contributed by atoms with Gasteiger partial charge >= 0.3 is 5.97 Å². The van der Waals surface area contributed by atoms with Crippen LogP contribution in [0.3, 0.4) is 0 Å². The van der Waals surface area contributed by atoms with Gasteiger partial charge in [0.2, 0.25) is 5.91 Å². The van der Waals surface area contributed by atoms with Crippen LogP contribution in [0.25, 0.3) is 10.9 Å². The molecule has 0 unspecified atom stereocenters. The number of H-pyrrole nitrogens is 1. The molecule has 1 aromatic carbocycles. The first-order valence-corrected chi connectivity index (χ1v) is 10.1. The molecule has 28 heavy (non-hydrogen) atoms. The van der Waals surface area contributed by atoms with Gasteiger partial charge in [-0.25, -0.2) is 9.78 Å². The molecular weight excluding hydrogens is 358 g/mol. The summed E-state index contributed by atoms with van der Waals surface area (Å²) in [5, 5.41) is 10.1. The quantitative estimate of drug-likeness (QED) is 0.826. The van der Waals surface area contributed by atoms with Crippen molar-refractivity contribution in [2.24, 2.45) is 5.92 Å². The first-order valence-electron chi connectivity index (χ1n) is 10.1. The number of nitrogens with one attached hydrogen (secondary N) is 1. The average molecular weight is 383 g/mol. The first-order chi connectivity index (χ1) is 13.5. The predicted molar refractivity (Wildman–Crippen MR) is 104 cm³/mol. The van der Waals surface area contributed by atoms with E-state index in [9.17, 15) is 19.5 Å². The second-order valence-electron chi connectivity index (χ2n) is 7.89. The van der Waals surface area contributed by atoms with Crippen LogP contribution in [0.4, 0.5) is 0 Å². The Morgan fingerprint density at radius 2 is 2.00 bits per heavy atom. The Labute approximate surface area is 162 Å². The second-order valence-corrected chi connectivity index (χ2v) is 7.89. The van der Waals surface area contributed by atoms with E-state index in [4.69, 9.17) is 0 Å². The van der Waals surface area contributed by atoms with E-state index in [1.807, 2.05) is 6.07 Å². The average Bonchev–Trinajstić information content (AvgIpc) is 3.08. The highest BCUT2D eigenvalue weighted by Crippen LogP contribution is 2.40. The van der Waals surface area contributed by atoms with Crippen molar-refractivity contribution in [1.82, 2.24) is 14.9 Å². The number of aryl methyl sites for hydroxylation is 1. The molecule has 2 heterocycles. The van der Waals surface area contributed by atoms with Crippen molar-refractivity contribution >= 4 is 22.8 Å². The number of aliphatic carboxylic acids is 1. The summed E-state index contributed by atoms with van der Waals surface area (Å²) in [6.07, 6.45) is 5.94. The van der Waals surface area contributed by atoms with Gasteiger partial charge in [0, 0.05) is 18.9 Å². The molecule has 1 aliphatic heterocycles. The summed E-state index contributed by atoms with van der Waals surface area (Å²) in [5.41, 5.74) is 0.463. The van der Waals surface area contributed by atoms with Gasteiger partial charge in [-0.15, -0.1) is 0 Å². The number of amides is 1. The molecule has 2 aromatic rings. The number of rotatable bonds is 5. The Bertz CT molecular complexity index is 954. The van der Waals surface area contributed by atoms with Crippen LogP contribution in [0.2, 0.25) is 0 Å². The molecule has 3 atom stereocenters. The molecule has 1 saturated carbocycles. The third-order valence-corrected chi connectivity index (χ3v) is 6.13. The first kappa shape index (κ1) is 18.7. The van der Waals surface area contributed by atoms with E-state index in [0.717, 1.165) is 25.7 Å². The number of fused-ring (bicyclic) bond motifs is 2. The lowest BCUT2D eigenvalue weighted by molar-refractivity contribution is -0.149. The molecule has 1 aliphatic carbocycles. The molecule has 0 spiro atoms. The maximum absolute atomic E-state index is 12.9. The number of benzene rings is 1. The minimum Gasteiger partial charge on any atom is -0.480 e. The molecule has 2 N–H and O–H groups in total. The normalized spacial score (nSPS) is 24.3. The van der Waals surface area contributed by atoms with Crippen molar-refractivity contribution in [3.05, 3.63) is 40.4 Å². The molecule has 2 aliphatic rings. The summed E-state index contributed by atoms with van der Waals surface area (Å²) in [7, 11) is 0. The highest BCUT2D eigenvalue weighted by Gasteiger charge is 2.47. The number of carbonyl (C=O) groups is 2. The number of carboxylic acids is 1. The molecule has 7 heteroatoms. The SMILES string of the molecule is O=C(O)[C@@H]1C[C@@H]2CCCC[C@@H]2N1C(=O)CCCc1nc2ccccc2c(=O)[nH]1. The third kappa shape index (κ3) is 3.53. The van der Waals surface area contributed by atoms with Crippen molar-refractivity contribution in [2.45, 2.75) is 63.5 Å². The third-order valence-electron chi connectivity index (χ3n) is 6.13. The smallest absolute Gasteiger partial charge is 0.326 e. The molecule has 1 saturated heterocycles. The molecule has 7 nitrogen and oxygen atoms in total. The van der Waals surface area contributed by atoms with Gasteiger partial charge in [0.1, 0.15) is 11.9 Å². The number of hydrogen-bond acceptors (Lipinski definition) is 4. The van der Waals surface area contributed by atoms with E-state index >= 15 is 0 Å². The number of carboxylic acid groups (broad SMARTS) is 1. The van der Waals surface area contributed by atoms with Crippen molar-refractivity contribution in [1.29, 1.82) is 0 Å². The van der Waals surface area contributed by atoms with Crippen LogP contribution < -0.4 is 5.56 Å². The maximum Gasteiger partial charge on any atom is 0.326 e. The fourth-order valence-corrected chi connectivity index (χ4v) is 4.83. The minimum absolute atomic E-state index is 0.0703. The Balaban J connectivity index is 1.42. The van der Waals surface area contributed by atoms with Gasteiger partial charge in [-0.3, -0.25) is 9.59 Å². The number of hydrogen-bond donors (Lipinski definition) is 2. The topological polar surface area (TPSA) is 103 Å². The van der Waals surface area contributed by atoms with Crippen LogP contribution >= 0.6 is 0 Å². The molecule has 0 radical (unpaired) electrons. The van der Waals surface area contributed by atoms with Gasteiger partial charge in [-0.2, -0.15) is 0 Å². The molecule has 2 fully saturated rings. The van der Waals surface area contributed by atoms with Gasteiger partial charge in [0.15, 0.2) is 0 Å². The molecule has 1 aromatic heterocycles. The Morgan fingerprint density at radius 1 is 1.21 bits per heavy atom. The largest absolute Gasteiger partial charge is 0.480 e. The fraction of sp³-hybridized carbons (Fsp3) is 0.524. The van der Waals surface area contributed by atoms with E-state index in [1.165, 1.54) is 0 Å². The standard InChI is InChI=1S/C21H25N3O4/c25-19(24-16-9-4-1-6-13(16)12-17(24)21(27)28)11-5-10-18-22-15-8-3-2-7-14(15)20(26)23-18/h2-3,7-8,13,16-17H,1,4-6,9-12H2,(H,27,28)(H,22,23,26)/t13-,16-,17-/m0/s1. The number of likely N-dealkylation sites (tertiary alicyclic amines) is 1. The van der Waals surface area contributed by atoms with Crippen LogP contribution in [-0.2, 0) is 16.0 Å². The predicted octanol–water partition coefficient (Wildman–Crippen LogP) is 2.49. The van der Waals surface area contributed by atoms with E-state index in [1.54, 1.807) is 23.1 Å². The van der Waals surface area contributed by atoms with Crippen molar-refractivity contribution in [2.75, 3.05) is 0 Å². The van der Waals surface area contributed by atoms with E-state index in [0.29, 0.717) is 41.9 Å². The lowest BCUT2D eigenvalue weighted by Gasteiger charge is -2.33. The Morgan fingerprint density at radius 3 is 2.82 bits per heavy atom. The monoisotopic (exact) mass is 383 g/mol. The van der Waals surface area contributed by atoms with Gasteiger partial charge in [-0.1, -0.05) is 25.0 Å². The van der Waals surface area contributed by atoms with Crippen LogP contribution in [-0.4, -0.2) is 43.9 Å². The van der Waals surface area contributed by atoms with Crippen LogP contribution in [0, 0.1) is 5.92 Å². The zero-order chi connectivity index (χ0) is 19.7. The summed E-state index contributed by atoms with van der Waals surface area (Å²) in [6.45, 7) is 0. The summed E-state index contributed by atoms with van der Waals surface area (Å²) >= 11 is 0. The number of nitrogens with zero attached hydrogens (tertiary/aromatic N) is 2. The fourth-order valence-electron chi connectivity index (χ4n) is 4.83. The number of aromatic amines is 1. The van der Waals surface area contributed by atoms with Gasteiger partial charge in [-0.05, 0) is 43.7 Å². The Kier molecular flexibility index (Phi) is 5.15. The maximum atomic E-state index is 12.9. The van der Waals surface area contributed by atoms with Crippen molar-refractivity contribution < 1.29 is 14.7 Å². The molecule has 148 valence electrons. The minimum atomic E-state index is -0.900.